The average Bonchev–Trinajstić information content (AvgIpc) is 2.99. The first-order chi connectivity index (χ1) is 10.1. The van der Waals surface area contributed by atoms with Gasteiger partial charge in [0.05, 0.1) is 17.6 Å². The summed E-state index contributed by atoms with van der Waals surface area (Å²) in [4.78, 5) is 7.88. The van der Waals surface area contributed by atoms with Crippen LogP contribution in [0, 0.1) is 11.3 Å². The molecule has 0 saturated carbocycles. The number of aromatic nitrogens is 3. The number of hydrogen-bond acceptors (Lipinski definition) is 8. The first-order valence-electron chi connectivity index (χ1n) is 6.22. The van der Waals surface area contributed by atoms with Gasteiger partial charge in [-0.15, -0.1) is 0 Å². The van der Waals surface area contributed by atoms with Gasteiger partial charge in [-0.1, -0.05) is 0 Å². The molecule has 0 amide bonds. The number of hydrogen-bond donors (Lipinski definition) is 4. The molecule has 110 valence electrons. The minimum Gasteiger partial charge on any atom is -0.394 e. The summed E-state index contributed by atoms with van der Waals surface area (Å²) in [6.45, 7) is -0.434. The Kier molecular flexibility index (Phi) is 3.23. The van der Waals surface area contributed by atoms with Gasteiger partial charge in [0, 0.05) is 6.20 Å². The van der Waals surface area contributed by atoms with E-state index in [1.165, 1.54) is 17.1 Å². The number of anilines is 1. The standard InChI is InChI=1S/C12H13N5O4/c13-1-5-2-17(11-7(5)10(14)15-4-16-11)12-9(20)8(19)6(3-18)21-12/h2,4,6,8-9,12,18-20H,3H2,(H2,14,15,16)/t6-,8?,9+,12-/m1/s1. The van der Waals surface area contributed by atoms with Crippen molar-refractivity contribution in [1.82, 2.24) is 14.5 Å². The van der Waals surface area contributed by atoms with Gasteiger partial charge in [0.2, 0.25) is 0 Å². The van der Waals surface area contributed by atoms with Crippen LogP contribution in [0.15, 0.2) is 12.5 Å². The van der Waals surface area contributed by atoms with E-state index < -0.39 is 31.1 Å². The van der Waals surface area contributed by atoms with Gasteiger partial charge in [-0.25, -0.2) is 9.97 Å². The lowest BCUT2D eigenvalue weighted by molar-refractivity contribution is -0.0508. The molecule has 1 unspecified atom stereocenters. The predicted molar refractivity (Wildman–Crippen MR) is 69.7 cm³/mol. The molecule has 9 heteroatoms. The Morgan fingerprint density at radius 3 is 2.76 bits per heavy atom. The van der Waals surface area contributed by atoms with Crippen LogP contribution in [0.3, 0.4) is 0 Å². The van der Waals surface area contributed by atoms with Crippen molar-refractivity contribution in [2.24, 2.45) is 0 Å². The minimum absolute atomic E-state index is 0.141. The predicted octanol–water partition coefficient (Wildman–Crippen LogP) is -1.50. The Bertz CT molecular complexity index is 724. The smallest absolute Gasteiger partial charge is 0.164 e. The lowest BCUT2D eigenvalue weighted by Crippen LogP contribution is -2.33. The molecule has 3 rings (SSSR count). The van der Waals surface area contributed by atoms with Crippen molar-refractivity contribution in [3.63, 3.8) is 0 Å². The van der Waals surface area contributed by atoms with Crippen molar-refractivity contribution in [1.29, 1.82) is 5.26 Å². The van der Waals surface area contributed by atoms with E-state index in [-0.39, 0.29) is 11.4 Å². The Labute approximate surface area is 118 Å². The average molecular weight is 291 g/mol. The van der Waals surface area contributed by atoms with E-state index in [9.17, 15) is 10.2 Å². The summed E-state index contributed by atoms with van der Waals surface area (Å²) in [5.74, 6) is 0.141. The molecule has 1 aliphatic heterocycles. The summed E-state index contributed by atoms with van der Waals surface area (Å²) in [6, 6.07) is 1.98. The van der Waals surface area contributed by atoms with Gasteiger partial charge < -0.3 is 30.4 Å². The van der Waals surface area contributed by atoms with Crippen molar-refractivity contribution in [2.45, 2.75) is 24.5 Å². The molecule has 0 radical (unpaired) electrons. The fraction of sp³-hybridized carbons (Fsp3) is 0.417. The first kappa shape index (κ1) is 13.7. The van der Waals surface area contributed by atoms with Crippen LogP contribution < -0.4 is 5.73 Å². The molecule has 3 heterocycles. The lowest BCUT2D eigenvalue weighted by atomic mass is 10.1. The van der Waals surface area contributed by atoms with Gasteiger partial charge >= 0.3 is 0 Å². The molecule has 1 saturated heterocycles. The highest BCUT2D eigenvalue weighted by Gasteiger charge is 2.44. The lowest BCUT2D eigenvalue weighted by Gasteiger charge is -2.17. The number of aliphatic hydroxyl groups excluding tert-OH is 3. The van der Waals surface area contributed by atoms with Gasteiger partial charge in [0.1, 0.15) is 42.2 Å². The van der Waals surface area contributed by atoms with Crippen LogP contribution in [-0.2, 0) is 4.74 Å². The van der Waals surface area contributed by atoms with Crippen LogP contribution in [0.25, 0.3) is 11.0 Å². The maximum Gasteiger partial charge on any atom is 0.164 e. The van der Waals surface area contributed by atoms with Crippen LogP contribution in [0.5, 0.6) is 0 Å². The van der Waals surface area contributed by atoms with Crippen LogP contribution in [0.4, 0.5) is 5.82 Å². The normalized spacial score (nSPS) is 28.9. The number of nitrogens with zero attached hydrogens (tertiary/aromatic N) is 4. The number of nitrogen functional groups attached to an aromatic ring is 1. The maximum absolute atomic E-state index is 10.1. The summed E-state index contributed by atoms with van der Waals surface area (Å²) in [7, 11) is 0. The Balaban J connectivity index is 2.14. The molecular weight excluding hydrogens is 278 g/mol. The molecule has 2 aromatic rings. The van der Waals surface area contributed by atoms with E-state index in [1.807, 2.05) is 6.07 Å². The molecule has 2 aromatic heterocycles. The third-order valence-electron chi connectivity index (χ3n) is 3.55. The van der Waals surface area contributed by atoms with E-state index in [0.717, 1.165) is 0 Å². The van der Waals surface area contributed by atoms with Gasteiger partial charge in [-0.05, 0) is 0 Å². The SMILES string of the molecule is N#Cc1cn([C@@H]2O[C@H](CO)C(O)[C@@H]2O)c2ncnc(N)c12. The number of nitriles is 1. The largest absolute Gasteiger partial charge is 0.394 e. The van der Waals surface area contributed by atoms with Crippen molar-refractivity contribution in [3.8, 4) is 6.07 Å². The molecule has 9 nitrogen and oxygen atoms in total. The van der Waals surface area contributed by atoms with Crippen LogP contribution in [-0.4, -0.2) is 54.8 Å². The molecule has 21 heavy (non-hydrogen) atoms. The van der Waals surface area contributed by atoms with Gasteiger partial charge in [0.15, 0.2) is 6.23 Å². The van der Waals surface area contributed by atoms with Crippen molar-refractivity contribution >= 4 is 16.9 Å². The quantitative estimate of drug-likeness (QED) is 0.521. The molecule has 4 atom stereocenters. The van der Waals surface area contributed by atoms with Crippen molar-refractivity contribution < 1.29 is 20.1 Å². The van der Waals surface area contributed by atoms with E-state index in [0.29, 0.717) is 11.0 Å². The summed E-state index contributed by atoms with van der Waals surface area (Å²) < 4.78 is 6.84. The fourth-order valence-corrected chi connectivity index (χ4v) is 2.50. The highest BCUT2D eigenvalue weighted by atomic mass is 16.6. The molecule has 5 N–H and O–H groups in total. The zero-order chi connectivity index (χ0) is 15.1. The second-order valence-corrected chi connectivity index (χ2v) is 4.75. The summed E-state index contributed by atoms with van der Waals surface area (Å²) in [5.41, 5.74) is 6.30. The summed E-state index contributed by atoms with van der Waals surface area (Å²) in [5, 5.41) is 38.5. The summed E-state index contributed by atoms with van der Waals surface area (Å²) in [6.07, 6.45) is -1.72. The minimum atomic E-state index is -1.26. The first-order valence-corrected chi connectivity index (χ1v) is 6.22. The molecule has 1 fully saturated rings. The van der Waals surface area contributed by atoms with E-state index in [4.69, 9.17) is 20.8 Å². The van der Waals surface area contributed by atoms with Crippen LogP contribution >= 0.6 is 0 Å². The molecular formula is C12H13N5O4. The molecule has 0 aliphatic carbocycles. The van der Waals surface area contributed by atoms with Gasteiger partial charge in [-0.2, -0.15) is 5.26 Å². The third kappa shape index (κ3) is 1.93. The highest BCUT2D eigenvalue weighted by Crippen LogP contribution is 2.34. The van der Waals surface area contributed by atoms with Gasteiger partial charge in [0.25, 0.3) is 0 Å². The number of nitrogens with two attached hydrogens (primary N) is 1. The van der Waals surface area contributed by atoms with E-state index in [1.54, 1.807) is 0 Å². The molecule has 0 bridgehead atoms. The van der Waals surface area contributed by atoms with Crippen LogP contribution in [0.1, 0.15) is 11.8 Å². The number of aliphatic hydroxyl groups is 3. The Hall–Kier alpha value is -2.25. The molecule has 0 spiro atoms. The van der Waals surface area contributed by atoms with E-state index in [2.05, 4.69) is 9.97 Å². The second kappa shape index (κ2) is 4.94. The van der Waals surface area contributed by atoms with Crippen molar-refractivity contribution in [2.75, 3.05) is 12.3 Å². The van der Waals surface area contributed by atoms with E-state index >= 15 is 0 Å². The summed E-state index contributed by atoms with van der Waals surface area (Å²) >= 11 is 0. The molecule has 1 aliphatic rings. The number of ether oxygens (including phenoxy) is 1. The number of fused-ring (bicyclic) bond motifs is 1. The van der Waals surface area contributed by atoms with Crippen molar-refractivity contribution in [3.05, 3.63) is 18.1 Å². The number of rotatable bonds is 2. The van der Waals surface area contributed by atoms with Crippen LogP contribution in [0.2, 0.25) is 0 Å². The van der Waals surface area contributed by atoms with Gasteiger partial charge in [-0.3, -0.25) is 0 Å². The maximum atomic E-state index is 10.1. The molecule has 0 aromatic carbocycles. The zero-order valence-corrected chi connectivity index (χ0v) is 10.8. The third-order valence-corrected chi connectivity index (χ3v) is 3.55. The second-order valence-electron chi connectivity index (χ2n) is 4.75. The zero-order valence-electron chi connectivity index (χ0n) is 10.8. The Morgan fingerprint density at radius 1 is 1.38 bits per heavy atom. The monoisotopic (exact) mass is 291 g/mol. The fourth-order valence-electron chi connectivity index (χ4n) is 2.50. The highest BCUT2D eigenvalue weighted by molar-refractivity contribution is 5.91. The Morgan fingerprint density at radius 2 is 2.14 bits per heavy atom. The topological polar surface area (TPSA) is 150 Å².